The summed E-state index contributed by atoms with van der Waals surface area (Å²) in [5, 5.41) is 22.0. The Morgan fingerprint density at radius 1 is 1.50 bits per heavy atom. The van der Waals surface area contributed by atoms with Gasteiger partial charge in [-0.2, -0.15) is 13.2 Å². The molecule has 1 aromatic rings. The lowest BCUT2D eigenvalue weighted by atomic mass is 10.2. The fourth-order valence-corrected chi connectivity index (χ4v) is 1.45. The topological polar surface area (TPSA) is 84.6 Å². The summed E-state index contributed by atoms with van der Waals surface area (Å²) in [6, 6.07) is 3.98. The second kappa shape index (κ2) is 6.42. The molecule has 1 unspecified atom stereocenters. The van der Waals surface area contributed by atoms with Gasteiger partial charge in [-0.05, 0) is 19.1 Å². The van der Waals surface area contributed by atoms with Crippen molar-refractivity contribution in [2.24, 2.45) is 0 Å². The molecule has 0 bridgehead atoms. The molecule has 0 aliphatic heterocycles. The first kappa shape index (κ1) is 16.0. The van der Waals surface area contributed by atoms with E-state index in [2.05, 4.69) is 5.32 Å². The molecule has 20 heavy (non-hydrogen) atoms. The zero-order valence-corrected chi connectivity index (χ0v) is 10.5. The van der Waals surface area contributed by atoms with E-state index in [1.54, 1.807) is 6.92 Å². The largest absolute Gasteiger partial charge is 0.487 e. The molecule has 0 amide bonds. The Balaban J connectivity index is 2.95. The number of nitro groups is 1. The van der Waals surface area contributed by atoms with Gasteiger partial charge in [-0.25, -0.2) is 0 Å². The van der Waals surface area contributed by atoms with E-state index in [9.17, 15) is 23.3 Å². The van der Waals surface area contributed by atoms with E-state index in [-0.39, 0.29) is 18.0 Å². The minimum Gasteiger partial charge on any atom is -0.487 e. The number of ether oxygens (including phenoxy) is 1. The Kier molecular flexibility index (Phi) is 5.14. The van der Waals surface area contributed by atoms with Crippen LogP contribution in [0.25, 0.3) is 0 Å². The molecular weight excluding hydrogens is 281 g/mol. The number of aliphatic hydroxyl groups is 1. The highest BCUT2D eigenvalue weighted by Gasteiger charge is 2.38. The van der Waals surface area contributed by atoms with Gasteiger partial charge in [0.2, 0.25) is 0 Å². The molecule has 6 nitrogen and oxygen atoms in total. The molecule has 0 spiro atoms. The average Bonchev–Trinajstić information content (AvgIpc) is 2.34. The van der Waals surface area contributed by atoms with E-state index >= 15 is 0 Å². The summed E-state index contributed by atoms with van der Waals surface area (Å²) < 4.78 is 41.5. The molecular formula is C11H13F3N2O4. The smallest absolute Gasteiger partial charge is 0.416 e. The fourth-order valence-electron chi connectivity index (χ4n) is 1.45. The molecule has 9 heteroatoms. The van der Waals surface area contributed by atoms with Crippen LogP contribution in [0.1, 0.15) is 6.92 Å². The number of para-hydroxylation sites is 1. The Bertz CT molecular complexity index is 479. The average molecular weight is 294 g/mol. The molecule has 1 rings (SSSR count). The summed E-state index contributed by atoms with van der Waals surface area (Å²) >= 11 is 0. The van der Waals surface area contributed by atoms with E-state index in [0.29, 0.717) is 0 Å². The van der Waals surface area contributed by atoms with E-state index in [1.165, 1.54) is 18.2 Å². The van der Waals surface area contributed by atoms with Crippen LogP contribution in [0.3, 0.4) is 0 Å². The maximum atomic E-state index is 12.2. The van der Waals surface area contributed by atoms with Crippen molar-refractivity contribution in [3.05, 3.63) is 28.3 Å². The van der Waals surface area contributed by atoms with Crippen LogP contribution in [-0.2, 0) is 0 Å². The zero-order chi connectivity index (χ0) is 15.3. The first-order valence-electron chi connectivity index (χ1n) is 5.66. The van der Waals surface area contributed by atoms with Crippen molar-refractivity contribution in [1.82, 2.24) is 0 Å². The van der Waals surface area contributed by atoms with E-state index < -0.39 is 29.4 Å². The highest BCUT2D eigenvalue weighted by atomic mass is 19.4. The predicted molar refractivity (Wildman–Crippen MR) is 64.8 cm³/mol. The molecule has 0 aromatic heterocycles. The summed E-state index contributed by atoms with van der Waals surface area (Å²) in [7, 11) is 0. The van der Waals surface area contributed by atoms with Crippen LogP contribution >= 0.6 is 0 Å². The van der Waals surface area contributed by atoms with Crippen LogP contribution in [-0.4, -0.2) is 35.5 Å². The second-order valence-corrected chi connectivity index (χ2v) is 3.78. The molecule has 2 N–H and O–H groups in total. The summed E-state index contributed by atoms with van der Waals surface area (Å²) in [6.45, 7) is 0.909. The number of alkyl halides is 3. The minimum absolute atomic E-state index is 0.0519. The van der Waals surface area contributed by atoms with Crippen molar-refractivity contribution < 1.29 is 27.9 Å². The maximum absolute atomic E-state index is 12.2. The number of rotatable bonds is 6. The minimum atomic E-state index is -4.79. The number of hydrogen-bond acceptors (Lipinski definition) is 5. The van der Waals surface area contributed by atoms with Crippen molar-refractivity contribution in [2.45, 2.75) is 19.2 Å². The third-order valence-corrected chi connectivity index (χ3v) is 2.35. The summed E-state index contributed by atoms with van der Waals surface area (Å²) in [5.41, 5.74) is -0.618. The lowest BCUT2D eigenvalue weighted by Gasteiger charge is -2.16. The van der Waals surface area contributed by atoms with E-state index in [1.807, 2.05) is 0 Å². The normalized spacial score (nSPS) is 12.8. The van der Waals surface area contributed by atoms with Crippen LogP contribution < -0.4 is 10.1 Å². The summed E-state index contributed by atoms with van der Waals surface area (Å²) in [5.74, 6) is -0.0519. The number of benzene rings is 1. The first-order chi connectivity index (χ1) is 9.27. The Morgan fingerprint density at radius 3 is 2.65 bits per heavy atom. The lowest BCUT2D eigenvalue weighted by molar-refractivity contribution is -0.385. The van der Waals surface area contributed by atoms with Crippen LogP contribution in [0, 0.1) is 10.1 Å². The van der Waals surface area contributed by atoms with Gasteiger partial charge in [0.1, 0.15) is 5.69 Å². The van der Waals surface area contributed by atoms with Gasteiger partial charge in [-0.1, -0.05) is 6.07 Å². The predicted octanol–water partition coefficient (Wildman–Crippen LogP) is 2.33. The number of nitro benzene ring substituents is 1. The quantitative estimate of drug-likeness (QED) is 0.621. The maximum Gasteiger partial charge on any atom is 0.416 e. The third kappa shape index (κ3) is 3.98. The highest BCUT2D eigenvalue weighted by molar-refractivity contribution is 5.68. The number of nitrogens with zero attached hydrogens (tertiary/aromatic N) is 1. The van der Waals surface area contributed by atoms with E-state index in [4.69, 9.17) is 9.84 Å². The van der Waals surface area contributed by atoms with Gasteiger partial charge in [0.15, 0.2) is 11.9 Å². The molecule has 0 radical (unpaired) electrons. The molecule has 0 saturated heterocycles. The van der Waals surface area contributed by atoms with Gasteiger partial charge in [0.25, 0.3) is 0 Å². The van der Waals surface area contributed by atoms with Crippen LogP contribution in [0.2, 0.25) is 0 Å². The molecule has 1 aromatic carbocycles. The summed E-state index contributed by atoms with van der Waals surface area (Å²) in [6.07, 6.45) is -7.41. The molecule has 112 valence electrons. The lowest BCUT2D eigenvalue weighted by Crippen LogP contribution is -2.35. The number of halogens is 3. The van der Waals surface area contributed by atoms with Crippen LogP contribution in [0.15, 0.2) is 18.2 Å². The van der Waals surface area contributed by atoms with Crippen molar-refractivity contribution in [1.29, 1.82) is 0 Å². The molecule has 1 atom stereocenters. The van der Waals surface area contributed by atoms with Crippen molar-refractivity contribution in [2.75, 3.05) is 18.5 Å². The molecule has 0 aliphatic carbocycles. The third-order valence-electron chi connectivity index (χ3n) is 2.35. The zero-order valence-electron chi connectivity index (χ0n) is 10.5. The first-order valence-corrected chi connectivity index (χ1v) is 5.66. The number of aliphatic hydroxyl groups excluding tert-OH is 1. The number of hydrogen-bond donors (Lipinski definition) is 2. The Hall–Kier alpha value is -2.03. The summed E-state index contributed by atoms with van der Waals surface area (Å²) in [4.78, 5) is 10.2. The molecule has 0 aliphatic rings. The van der Waals surface area contributed by atoms with Gasteiger partial charge in [-0.15, -0.1) is 0 Å². The molecule has 0 saturated carbocycles. The standard InChI is InChI=1S/C11H13F3N2O4/c1-2-20-8-5-3-4-7(10(8)16(18)19)15-6-9(17)11(12,13)14/h3-5,9,15,17H,2,6H2,1H3. The van der Waals surface area contributed by atoms with Gasteiger partial charge in [-0.3, -0.25) is 10.1 Å². The van der Waals surface area contributed by atoms with Crippen molar-refractivity contribution in [3.63, 3.8) is 0 Å². The SMILES string of the molecule is CCOc1cccc(NCC(O)C(F)(F)F)c1[N+](=O)[O-]. The van der Waals surface area contributed by atoms with Crippen molar-refractivity contribution >= 4 is 11.4 Å². The fraction of sp³-hybridized carbons (Fsp3) is 0.455. The highest BCUT2D eigenvalue weighted by Crippen LogP contribution is 2.35. The molecule has 0 fully saturated rings. The van der Waals surface area contributed by atoms with Gasteiger partial charge >= 0.3 is 11.9 Å². The monoisotopic (exact) mass is 294 g/mol. The van der Waals surface area contributed by atoms with Crippen LogP contribution in [0.5, 0.6) is 5.75 Å². The molecule has 0 heterocycles. The van der Waals surface area contributed by atoms with Gasteiger partial charge in [0, 0.05) is 6.54 Å². The second-order valence-electron chi connectivity index (χ2n) is 3.78. The Labute approximate surface area is 112 Å². The number of nitrogens with one attached hydrogen (secondary N) is 1. The van der Waals surface area contributed by atoms with Gasteiger partial charge < -0.3 is 15.2 Å². The van der Waals surface area contributed by atoms with Gasteiger partial charge in [0.05, 0.1) is 11.5 Å². The van der Waals surface area contributed by atoms with E-state index in [0.717, 1.165) is 0 Å². The Morgan fingerprint density at radius 2 is 2.15 bits per heavy atom. The van der Waals surface area contributed by atoms with Crippen molar-refractivity contribution in [3.8, 4) is 5.75 Å². The van der Waals surface area contributed by atoms with Crippen LogP contribution in [0.4, 0.5) is 24.5 Å². The number of anilines is 1.